The number of aliphatic hydroxyl groups is 1. The van der Waals surface area contributed by atoms with Gasteiger partial charge in [0.1, 0.15) is 0 Å². The first kappa shape index (κ1) is 20.1. The Labute approximate surface area is 143 Å². The molecule has 0 spiro atoms. The van der Waals surface area contributed by atoms with Crippen LogP contribution in [0.3, 0.4) is 0 Å². The van der Waals surface area contributed by atoms with Crippen LogP contribution in [0.25, 0.3) is 0 Å². The first-order valence-corrected chi connectivity index (χ1v) is 9.33. The van der Waals surface area contributed by atoms with Crippen LogP contribution in [0.2, 0.25) is 0 Å². The van der Waals surface area contributed by atoms with Gasteiger partial charge in [0.15, 0.2) is 0 Å². The van der Waals surface area contributed by atoms with Gasteiger partial charge in [0.25, 0.3) is 0 Å². The molecular formula is C20H36N2O. The predicted octanol–water partition coefficient (Wildman–Crippen LogP) is 3.82. The molecule has 0 heterocycles. The molecule has 3 nitrogen and oxygen atoms in total. The van der Waals surface area contributed by atoms with E-state index >= 15 is 0 Å². The van der Waals surface area contributed by atoms with E-state index in [1.54, 1.807) is 0 Å². The van der Waals surface area contributed by atoms with Gasteiger partial charge >= 0.3 is 0 Å². The molecule has 0 atom stereocenters. The fraction of sp³-hybridized carbons (Fsp3) is 0.700. The van der Waals surface area contributed by atoms with Gasteiger partial charge in [0.2, 0.25) is 0 Å². The van der Waals surface area contributed by atoms with Crippen LogP contribution in [-0.4, -0.2) is 42.3 Å². The van der Waals surface area contributed by atoms with Crippen LogP contribution < -0.4 is 5.32 Å². The van der Waals surface area contributed by atoms with Crippen LogP contribution in [0.1, 0.15) is 57.9 Å². The van der Waals surface area contributed by atoms with Crippen molar-refractivity contribution in [1.29, 1.82) is 0 Å². The fourth-order valence-electron chi connectivity index (χ4n) is 2.80. The lowest BCUT2D eigenvalue weighted by atomic mass is 10.1. The van der Waals surface area contributed by atoms with Crippen molar-refractivity contribution in [2.24, 2.45) is 0 Å². The Morgan fingerprint density at radius 2 is 1.57 bits per heavy atom. The van der Waals surface area contributed by atoms with E-state index in [2.05, 4.69) is 54.4 Å². The standard InChI is InChI=1S/C20H36N2O/c1-19(2)22(15-9-3-4-11-17-23)16-10-8-14-21-18-20-12-6-5-7-13-20/h5-7,12-13,19,21,23H,3-4,8-11,14-18H2,1-2H3. The van der Waals surface area contributed by atoms with Crippen molar-refractivity contribution in [3.8, 4) is 0 Å². The van der Waals surface area contributed by atoms with Gasteiger partial charge in [-0.1, -0.05) is 43.2 Å². The van der Waals surface area contributed by atoms with Gasteiger partial charge < -0.3 is 15.3 Å². The van der Waals surface area contributed by atoms with Gasteiger partial charge in [0.05, 0.1) is 0 Å². The van der Waals surface area contributed by atoms with Gasteiger partial charge in [-0.25, -0.2) is 0 Å². The molecule has 1 rings (SSSR count). The zero-order valence-corrected chi connectivity index (χ0v) is 15.1. The van der Waals surface area contributed by atoms with Crippen molar-refractivity contribution in [3.63, 3.8) is 0 Å². The molecule has 0 aliphatic heterocycles. The highest BCUT2D eigenvalue weighted by Gasteiger charge is 2.08. The topological polar surface area (TPSA) is 35.5 Å². The molecular weight excluding hydrogens is 284 g/mol. The highest BCUT2D eigenvalue weighted by molar-refractivity contribution is 5.14. The molecule has 0 aliphatic carbocycles. The van der Waals surface area contributed by atoms with E-state index in [4.69, 9.17) is 5.11 Å². The molecule has 0 saturated carbocycles. The van der Waals surface area contributed by atoms with Crippen LogP contribution in [0.5, 0.6) is 0 Å². The number of benzene rings is 1. The highest BCUT2D eigenvalue weighted by Crippen LogP contribution is 2.07. The molecule has 1 aromatic carbocycles. The number of unbranched alkanes of at least 4 members (excludes halogenated alkanes) is 4. The number of rotatable bonds is 14. The van der Waals surface area contributed by atoms with Crippen molar-refractivity contribution in [2.45, 2.75) is 65.0 Å². The van der Waals surface area contributed by atoms with E-state index in [-0.39, 0.29) is 0 Å². The summed E-state index contributed by atoms with van der Waals surface area (Å²) in [6.07, 6.45) is 7.10. The van der Waals surface area contributed by atoms with Crippen molar-refractivity contribution >= 4 is 0 Å². The molecule has 0 bridgehead atoms. The van der Waals surface area contributed by atoms with E-state index < -0.39 is 0 Å². The van der Waals surface area contributed by atoms with Gasteiger partial charge in [-0.05, 0) is 64.7 Å². The lowest BCUT2D eigenvalue weighted by molar-refractivity contribution is 0.211. The van der Waals surface area contributed by atoms with Crippen molar-refractivity contribution in [2.75, 3.05) is 26.2 Å². The Bertz CT molecular complexity index is 367. The normalized spacial score (nSPS) is 11.5. The second kappa shape index (κ2) is 13.5. The van der Waals surface area contributed by atoms with E-state index in [0.717, 1.165) is 25.9 Å². The third kappa shape index (κ3) is 10.5. The minimum absolute atomic E-state index is 0.337. The van der Waals surface area contributed by atoms with Crippen molar-refractivity contribution < 1.29 is 5.11 Å². The SMILES string of the molecule is CC(C)N(CCCCCCO)CCCCNCc1ccccc1. The van der Waals surface area contributed by atoms with Crippen LogP contribution in [-0.2, 0) is 6.54 Å². The Balaban J connectivity index is 2.03. The number of aliphatic hydroxyl groups excluding tert-OH is 1. The van der Waals surface area contributed by atoms with Crippen molar-refractivity contribution in [1.82, 2.24) is 10.2 Å². The smallest absolute Gasteiger partial charge is 0.0431 e. The Morgan fingerprint density at radius 1 is 0.913 bits per heavy atom. The van der Waals surface area contributed by atoms with Crippen molar-refractivity contribution in [3.05, 3.63) is 35.9 Å². The second-order valence-electron chi connectivity index (χ2n) is 6.64. The van der Waals surface area contributed by atoms with Gasteiger partial charge in [-0.3, -0.25) is 0 Å². The number of hydrogen-bond donors (Lipinski definition) is 2. The molecule has 0 fully saturated rings. The zero-order valence-electron chi connectivity index (χ0n) is 15.1. The minimum Gasteiger partial charge on any atom is -0.396 e. The van der Waals surface area contributed by atoms with E-state index in [9.17, 15) is 0 Å². The Hall–Kier alpha value is -0.900. The van der Waals surface area contributed by atoms with Gasteiger partial charge in [0, 0.05) is 19.2 Å². The van der Waals surface area contributed by atoms with Gasteiger partial charge in [-0.15, -0.1) is 0 Å². The molecule has 2 N–H and O–H groups in total. The summed E-state index contributed by atoms with van der Waals surface area (Å²) in [5.41, 5.74) is 1.36. The maximum Gasteiger partial charge on any atom is 0.0431 e. The summed E-state index contributed by atoms with van der Waals surface area (Å²) in [5.74, 6) is 0. The number of hydrogen-bond acceptors (Lipinski definition) is 3. The first-order valence-electron chi connectivity index (χ1n) is 9.33. The van der Waals surface area contributed by atoms with Crippen LogP contribution >= 0.6 is 0 Å². The second-order valence-corrected chi connectivity index (χ2v) is 6.64. The molecule has 23 heavy (non-hydrogen) atoms. The summed E-state index contributed by atoms with van der Waals surface area (Å²) < 4.78 is 0. The van der Waals surface area contributed by atoms with E-state index in [1.807, 2.05) is 0 Å². The molecule has 0 aliphatic rings. The highest BCUT2D eigenvalue weighted by atomic mass is 16.2. The molecule has 132 valence electrons. The summed E-state index contributed by atoms with van der Waals surface area (Å²) in [5, 5.41) is 12.3. The number of nitrogens with zero attached hydrogens (tertiary/aromatic N) is 1. The summed E-state index contributed by atoms with van der Waals surface area (Å²) in [6, 6.07) is 11.2. The maximum atomic E-state index is 8.81. The molecule has 0 unspecified atom stereocenters. The summed E-state index contributed by atoms with van der Waals surface area (Å²) in [7, 11) is 0. The molecule has 0 saturated heterocycles. The fourth-order valence-corrected chi connectivity index (χ4v) is 2.80. The largest absolute Gasteiger partial charge is 0.396 e. The van der Waals surface area contributed by atoms with Crippen LogP contribution in [0, 0.1) is 0 Å². The zero-order chi connectivity index (χ0) is 16.8. The van der Waals surface area contributed by atoms with Crippen LogP contribution in [0.4, 0.5) is 0 Å². The Morgan fingerprint density at radius 3 is 2.22 bits per heavy atom. The van der Waals surface area contributed by atoms with E-state index in [0.29, 0.717) is 12.6 Å². The van der Waals surface area contributed by atoms with Gasteiger partial charge in [-0.2, -0.15) is 0 Å². The molecule has 0 amide bonds. The van der Waals surface area contributed by atoms with Crippen LogP contribution in [0.15, 0.2) is 30.3 Å². The quantitative estimate of drug-likeness (QED) is 0.512. The molecule has 1 aromatic rings. The molecule has 0 aromatic heterocycles. The third-order valence-corrected chi connectivity index (χ3v) is 4.30. The summed E-state index contributed by atoms with van der Waals surface area (Å²) in [6.45, 7) is 9.38. The number of nitrogens with one attached hydrogen (secondary N) is 1. The third-order valence-electron chi connectivity index (χ3n) is 4.30. The average Bonchev–Trinajstić information content (AvgIpc) is 2.56. The molecule has 3 heteroatoms. The first-order chi connectivity index (χ1) is 11.2. The average molecular weight is 321 g/mol. The summed E-state index contributed by atoms with van der Waals surface area (Å²) in [4.78, 5) is 2.59. The lowest BCUT2D eigenvalue weighted by Crippen LogP contribution is -2.33. The minimum atomic E-state index is 0.337. The summed E-state index contributed by atoms with van der Waals surface area (Å²) >= 11 is 0. The maximum absolute atomic E-state index is 8.81. The monoisotopic (exact) mass is 320 g/mol. The lowest BCUT2D eigenvalue weighted by Gasteiger charge is -2.26. The Kier molecular flexibility index (Phi) is 11.9. The molecule has 0 radical (unpaired) electrons. The van der Waals surface area contributed by atoms with E-state index in [1.165, 1.54) is 44.3 Å². The predicted molar refractivity (Wildman–Crippen MR) is 99.6 cm³/mol.